The van der Waals surface area contributed by atoms with Crippen LogP contribution in [0.3, 0.4) is 0 Å². The van der Waals surface area contributed by atoms with Crippen LogP contribution in [-0.4, -0.2) is 55.4 Å². The maximum absolute atomic E-state index is 4.89. The Hall–Kier alpha value is -3.07. The number of aliphatic imine (C=N–C) groups is 1. The van der Waals surface area contributed by atoms with Gasteiger partial charge in [0.1, 0.15) is 27.9 Å². The Balaban J connectivity index is 1.78. The summed E-state index contributed by atoms with van der Waals surface area (Å²) in [5.74, 6) is 1.68. The molecule has 3 aromatic rings. The second kappa shape index (κ2) is 8.35. The molecule has 0 saturated heterocycles. The highest BCUT2D eigenvalue weighted by Crippen LogP contribution is 2.33. The highest BCUT2D eigenvalue weighted by Gasteiger charge is 2.29. The number of fused-ring (bicyclic) bond motifs is 1. The topological polar surface area (TPSA) is 84.5 Å². The molecule has 0 fully saturated rings. The Morgan fingerprint density at radius 3 is 2.53 bits per heavy atom. The second-order valence-electron chi connectivity index (χ2n) is 6.79. The average molecular weight is 421 g/mol. The summed E-state index contributed by atoms with van der Waals surface area (Å²) < 4.78 is 1.82. The van der Waals surface area contributed by atoms with E-state index < -0.39 is 0 Å². The van der Waals surface area contributed by atoms with E-state index in [1.807, 2.05) is 36.9 Å². The molecule has 0 amide bonds. The van der Waals surface area contributed by atoms with E-state index in [1.54, 1.807) is 30.4 Å². The summed E-state index contributed by atoms with van der Waals surface area (Å²) >= 11 is 1.56. The summed E-state index contributed by atoms with van der Waals surface area (Å²) in [6.07, 6.45) is 7.05. The number of aryl methyl sites for hydroxylation is 1. The van der Waals surface area contributed by atoms with Crippen LogP contribution in [0.5, 0.6) is 0 Å². The predicted octanol–water partition coefficient (Wildman–Crippen LogP) is 3.97. The molecule has 0 aliphatic carbocycles. The molecule has 0 unspecified atom stereocenters. The van der Waals surface area contributed by atoms with E-state index in [2.05, 4.69) is 28.7 Å². The normalized spacial score (nSPS) is 14.2. The summed E-state index contributed by atoms with van der Waals surface area (Å²) in [5.41, 5.74) is 4.83. The minimum atomic E-state index is 0.713. The molecule has 8 nitrogen and oxygen atoms in total. The Morgan fingerprint density at radius 1 is 1.10 bits per heavy atom. The summed E-state index contributed by atoms with van der Waals surface area (Å²) in [4.78, 5) is 25.3. The molecule has 30 heavy (non-hydrogen) atoms. The molecule has 0 aromatic carbocycles. The zero-order chi connectivity index (χ0) is 21.3. The van der Waals surface area contributed by atoms with Crippen LogP contribution in [0.1, 0.15) is 32.3 Å². The standard InChI is InChI=1S/C21H24N8S/c1-6-28(7-2)17-9-8-15(13(3)24-17)25-18-14(4)27-29-19(16-12-22-10-11-23-16)21(30-5)26-20(18)29/h8-12H,6-7H2,1-5H3. The number of pyridine rings is 1. The number of hydrogen-bond donors (Lipinski definition) is 0. The van der Waals surface area contributed by atoms with Crippen molar-refractivity contribution in [1.29, 1.82) is 0 Å². The fourth-order valence-corrected chi connectivity index (χ4v) is 3.98. The van der Waals surface area contributed by atoms with Gasteiger partial charge >= 0.3 is 0 Å². The number of aromatic nitrogens is 5. The van der Waals surface area contributed by atoms with Crippen LogP contribution in [0.25, 0.3) is 11.4 Å². The maximum Gasteiger partial charge on any atom is 0.183 e. The smallest absolute Gasteiger partial charge is 0.183 e. The van der Waals surface area contributed by atoms with Gasteiger partial charge in [-0.05, 0) is 46.1 Å². The van der Waals surface area contributed by atoms with Gasteiger partial charge in [0, 0.05) is 25.5 Å². The Labute approximate surface area is 180 Å². The van der Waals surface area contributed by atoms with Gasteiger partial charge in [-0.25, -0.2) is 19.6 Å². The number of rotatable bonds is 6. The lowest BCUT2D eigenvalue weighted by Crippen LogP contribution is -2.23. The summed E-state index contributed by atoms with van der Waals surface area (Å²) in [7, 11) is 0. The summed E-state index contributed by atoms with van der Waals surface area (Å²) in [6.45, 7) is 10.0. The van der Waals surface area contributed by atoms with Crippen LogP contribution in [0.4, 0.5) is 11.5 Å². The lowest BCUT2D eigenvalue weighted by Gasteiger charge is -2.20. The Bertz CT molecular complexity index is 1130. The summed E-state index contributed by atoms with van der Waals surface area (Å²) in [5, 5.41) is 5.56. The van der Waals surface area contributed by atoms with Crippen molar-refractivity contribution in [2.75, 3.05) is 24.2 Å². The minimum Gasteiger partial charge on any atom is -0.357 e. The third-order valence-corrected chi connectivity index (χ3v) is 5.66. The first-order valence-electron chi connectivity index (χ1n) is 9.88. The third kappa shape index (κ3) is 3.49. The number of thioether (sulfide) groups is 1. The molecule has 0 N–H and O–H groups in total. The van der Waals surface area contributed by atoms with E-state index in [-0.39, 0.29) is 0 Å². The van der Waals surface area contributed by atoms with Crippen molar-refractivity contribution in [2.45, 2.75) is 32.7 Å². The highest BCUT2D eigenvalue weighted by atomic mass is 32.2. The number of hydrogen-bond acceptors (Lipinski definition) is 8. The molecule has 1 aliphatic heterocycles. The van der Waals surface area contributed by atoms with Crippen molar-refractivity contribution < 1.29 is 0 Å². The van der Waals surface area contributed by atoms with Gasteiger partial charge in [0.15, 0.2) is 5.82 Å². The third-order valence-electron chi connectivity index (χ3n) is 4.99. The zero-order valence-corrected chi connectivity index (χ0v) is 18.6. The molecule has 9 heteroatoms. The maximum atomic E-state index is 4.89. The Kier molecular flexibility index (Phi) is 5.63. The molecule has 0 atom stereocenters. The van der Waals surface area contributed by atoms with Crippen molar-refractivity contribution in [3.8, 4) is 11.4 Å². The molecule has 0 bridgehead atoms. The quantitative estimate of drug-likeness (QED) is 0.561. The number of imidazole rings is 1. The SMILES string of the molecule is CCN(CC)c1ccc(N=C2C(C)=Nn3c2nc(SC)c3-c2cnccn2)c(C)n1. The van der Waals surface area contributed by atoms with Gasteiger partial charge in [-0.1, -0.05) is 0 Å². The lowest BCUT2D eigenvalue weighted by atomic mass is 10.2. The van der Waals surface area contributed by atoms with Crippen molar-refractivity contribution in [1.82, 2.24) is 24.6 Å². The van der Waals surface area contributed by atoms with E-state index in [4.69, 9.17) is 20.1 Å². The fourth-order valence-electron chi connectivity index (χ4n) is 3.42. The first-order valence-corrected chi connectivity index (χ1v) is 11.1. The van der Waals surface area contributed by atoms with Crippen LogP contribution in [0.15, 0.2) is 45.8 Å². The van der Waals surface area contributed by atoms with E-state index in [0.717, 1.165) is 58.1 Å². The molecule has 0 radical (unpaired) electrons. The molecular weight excluding hydrogens is 396 g/mol. The van der Waals surface area contributed by atoms with Crippen LogP contribution in [0, 0.1) is 6.92 Å². The Morgan fingerprint density at radius 2 is 1.90 bits per heavy atom. The molecule has 154 valence electrons. The van der Waals surface area contributed by atoms with Crippen LogP contribution < -0.4 is 4.90 Å². The van der Waals surface area contributed by atoms with Crippen molar-refractivity contribution in [2.24, 2.45) is 10.1 Å². The number of nitrogens with zero attached hydrogens (tertiary/aromatic N) is 8. The minimum absolute atomic E-state index is 0.713. The lowest BCUT2D eigenvalue weighted by molar-refractivity contribution is 0.842. The van der Waals surface area contributed by atoms with Crippen LogP contribution in [-0.2, 0) is 0 Å². The van der Waals surface area contributed by atoms with E-state index in [1.165, 1.54) is 0 Å². The molecule has 0 saturated carbocycles. The van der Waals surface area contributed by atoms with E-state index >= 15 is 0 Å². The van der Waals surface area contributed by atoms with Gasteiger partial charge in [0.25, 0.3) is 0 Å². The van der Waals surface area contributed by atoms with Gasteiger partial charge < -0.3 is 4.90 Å². The highest BCUT2D eigenvalue weighted by molar-refractivity contribution is 7.98. The van der Waals surface area contributed by atoms with Crippen LogP contribution >= 0.6 is 11.8 Å². The second-order valence-corrected chi connectivity index (χ2v) is 7.58. The summed E-state index contributed by atoms with van der Waals surface area (Å²) in [6, 6.07) is 4.03. The van der Waals surface area contributed by atoms with E-state index in [9.17, 15) is 0 Å². The van der Waals surface area contributed by atoms with Crippen molar-refractivity contribution >= 4 is 34.7 Å². The van der Waals surface area contributed by atoms with Crippen molar-refractivity contribution in [3.05, 3.63) is 42.2 Å². The van der Waals surface area contributed by atoms with Gasteiger partial charge in [-0.2, -0.15) is 5.10 Å². The monoisotopic (exact) mass is 420 g/mol. The first-order chi connectivity index (χ1) is 14.6. The van der Waals surface area contributed by atoms with Gasteiger partial charge in [0.05, 0.1) is 23.3 Å². The average Bonchev–Trinajstić information content (AvgIpc) is 3.26. The van der Waals surface area contributed by atoms with Gasteiger partial charge in [-0.3, -0.25) is 9.97 Å². The predicted molar refractivity (Wildman–Crippen MR) is 122 cm³/mol. The fraction of sp³-hybridized carbons (Fsp3) is 0.333. The molecule has 1 aliphatic rings. The first kappa shape index (κ1) is 20.2. The largest absolute Gasteiger partial charge is 0.357 e. The van der Waals surface area contributed by atoms with Gasteiger partial charge in [0.2, 0.25) is 0 Å². The van der Waals surface area contributed by atoms with Crippen LogP contribution in [0.2, 0.25) is 0 Å². The number of anilines is 1. The van der Waals surface area contributed by atoms with Gasteiger partial charge in [-0.15, -0.1) is 11.8 Å². The molecular formula is C21H24N8S. The van der Waals surface area contributed by atoms with E-state index in [0.29, 0.717) is 5.82 Å². The molecule has 0 spiro atoms. The van der Waals surface area contributed by atoms with Crippen molar-refractivity contribution in [3.63, 3.8) is 0 Å². The molecule has 3 aromatic heterocycles. The zero-order valence-electron chi connectivity index (χ0n) is 17.8. The molecule has 4 rings (SSSR count). The molecule has 4 heterocycles.